The minimum Gasteiger partial charge on any atom is -0.810 e. The molecule has 4 nitrogen and oxygen atoms in total. The van der Waals surface area contributed by atoms with E-state index in [4.69, 9.17) is 4.74 Å². The largest absolute Gasteiger partial charge is 0.810 e. The van der Waals surface area contributed by atoms with Crippen LogP contribution < -0.4 is 9.79 Å². The van der Waals surface area contributed by atoms with Gasteiger partial charge in [0.05, 0.1) is 5.60 Å². The van der Waals surface area contributed by atoms with Gasteiger partial charge in [0.25, 0.3) is 0 Å². The van der Waals surface area contributed by atoms with Crippen LogP contribution in [0.1, 0.15) is 33.1 Å². The summed E-state index contributed by atoms with van der Waals surface area (Å²) in [5.41, 5.74) is -1.04. The average Bonchev–Trinajstić information content (AvgIpc) is 2.30. The SMILES string of the molecule is CCC(CC)(C1(OC)C=CC=CC1)P(=O)([O-])[O-]. The topological polar surface area (TPSA) is 72.4 Å². The summed E-state index contributed by atoms with van der Waals surface area (Å²) in [6.07, 6.45) is 8.01. The molecule has 0 spiro atoms. The molecule has 0 aromatic rings. The smallest absolute Gasteiger partial charge is 0.0997 e. The molecule has 98 valence electrons. The van der Waals surface area contributed by atoms with Crippen molar-refractivity contribution in [3.8, 4) is 0 Å². The van der Waals surface area contributed by atoms with Gasteiger partial charge in [0.15, 0.2) is 0 Å². The molecule has 0 saturated heterocycles. The van der Waals surface area contributed by atoms with E-state index >= 15 is 0 Å². The molecule has 1 rings (SSSR count). The zero-order valence-corrected chi connectivity index (χ0v) is 11.4. The molecule has 0 aromatic carbocycles. The molecule has 1 aliphatic carbocycles. The second kappa shape index (κ2) is 5.07. The van der Waals surface area contributed by atoms with E-state index in [1.807, 2.05) is 12.2 Å². The lowest BCUT2D eigenvalue weighted by molar-refractivity contribution is -0.325. The number of hydrogen-bond donors (Lipinski definition) is 0. The van der Waals surface area contributed by atoms with Crippen LogP contribution in [0.3, 0.4) is 0 Å². The van der Waals surface area contributed by atoms with Gasteiger partial charge in [0.1, 0.15) is 0 Å². The number of rotatable bonds is 5. The molecule has 0 amide bonds. The van der Waals surface area contributed by atoms with Gasteiger partial charge >= 0.3 is 0 Å². The first kappa shape index (κ1) is 14.7. The highest BCUT2D eigenvalue weighted by Gasteiger charge is 2.50. The van der Waals surface area contributed by atoms with E-state index in [2.05, 4.69) is 0 Å². The molecule has 0 aliphatic heterocycles. The van der Waals surface area contributed by atoms with Gasteiger partial charge in [0, 0.05) is 12.3 Å². The molecule has 0 fully saturated rings. The first-order valence-corrected chi connectivity index (χ1v) is 7.35. The van der Waals surface area contributed by atoms with Crippen molar-refractivity contribution in [3.05, 3.63) is 24.3 Å². The van der Waals surface area contributed by atoms with Crippen LogP contribution in [-0.4, -0.2) is 17.9 Å². The van der Waals surface area contributed by atoms with Crippen molar-refractivity contribution in [1.82, 2.24) is 0 Å². The van der Waals surface area contributed by atoms with E-state index in [1.165, 1.54) is 7.11 Å². The highest BCUT2D eigenvalue weighted by atomic mass is 31.2. The van der Waals surface area contributed by atoms with Gasteiger partial charge in [-0.25, -0.2) is 0 Å². The van der Waals surface area contributed by atoms with E-state index in [0.717, 1.165) is 0 Å². The van der Waals surface area contributed by atoms with Crippen LogP contribution in [0.4, 0.5) is 0 Å². The van der Waals surface area contributed by atoms with Gasteiger partial charge in [-0.2, -0.15) is 0 Å². The first-order valence-electron chi connectivity index (χ1n) is 5.81. The fraction of sp³-hybridized carbons (Fsp3) is 0.667. The van der Waals surface area contributed by atoms with Crippen molar-refractivity contribution in [2.24, 2.45) is 0 Å². The lowest BCUT2D eigenvalue weighted by atomic mass is 9.78. The third kappa shape index (κ3) is 2.15. The molecule has 0 aromatic heterocycles. The molecule has 1 atom stereocenters. The predicted octanol–water partition coefficient (Wildman–Crippen LogP) is 1.36. The Morgan fingerprint density at radius 3 is 2.24 bits per heavy atom. The van der Waals surface area contributed by atoms with Gasteiger partial charge in [-0.3, -0.25) is 0 Å². The summed E-state index contributed by atoms with van der Waals surface area (Å²) in [7, 11) is -3.31. The second-order valence-electron chi connectivity index (χ2n) is 4.32. The Bertz CT molecular complexity index is 365. The molecule has 5 heteroatoms. The summed E-state index contributed by atoms with van der Waals surface area (Å²) in [4.78, 5) is 23.4. The quantitative estimate of drug-likeness (QED) is 0.698. The van der Waals surface area contributed by atoms with Crippen molar-refractivity contribution >= 4 is 7.60 Å². The van der Waals surface area contributed by atoms with Crippen LogP contribution in [-0.2, 0) is 9.30 Å². The summed E-state index contributed by atoms with van der Waals surface area (Å²) in [6, 6.07) is 0. The minimum absolute atomic E-state index is 0.250. The molecule has 0 N–H and O–H groups in total. The van der Waals surface area contributed by atoms with Crippen molar-refractivity contribution in [1.29, 1.82) is 0 Å². The van der Waals surface area contributed by atoms with Crippen molar-refractivity contribution in [2.75, 3.05) is 7.11 Å². The molecular formula is C12H19O4P-2. The second-order valence-corrected chi connectivity index (χ2v) is 6.17. The fourth-order valence-corrected chi connectivity index (χ4v) is 4.25. The van der Waals surface area contributed by atoms with Crippen LogP contribution in [0.25, 0.3) is 0 Å². The van der Waals surface area contributed by atoms with E-state index < -0.39 is 18.4 Å². The lowest BCUT2D eigenvalue weighted by Crippen LogP contribution is -2.57. The molecule has 1 aliphatic rings. The van der Waals surface area contributed by atoms with E-state index in [9.17, 15) is 14.4 Å². The Balaban J connectivity index is 3.35. The maximum Gasteiger partial charge on any atom is 0.0997 e. The Morgan fingerprint density at radius 2 is 1.94 bits per heavy atom. The van der Waals surface area contributed by atoms with E-state index in [-0.39, 0.29) is 12.8 Å². The van der Waals surface area contributed by atoms with Crippen molar-refractivity contribution in [3.63, 3.8) is 0 Å². The van der Waals surface area contributed by atoms with Crippen LogP contribution in [0.2, 0.25) is 0 Å². The minimum atomic E-state index is -4.77. The monoisotopic (exact) mass is 258 g/mol. The average molecular weight is 258 g/mol. The maximum absolute atomic E-state index is 11.7. The summed E-state index contributed by atoms with van der Waals surface area (Å²) >= 11 is 0. The number of methoxy groups -OCH3 is 1. The van der Waals surface area contributed by atoms with Crippen molar-refractivity contribution in [2.45, 2.75) is 43.9 Å². The van der Waals surface area contributed by atoms with Crippen LogP contribution in [0, 0.1) is 0 Å². The Hall–Kier alpha value is -0.410. The fourth-order valence-electron chi connectivity index (χ4n) is 2.75. The summed E-state index contributed by atoms with van der Waals surface area (Å²) in [5, 5.41) is -1.38. The van der Waals surface area contributed by atoms with Crippen LogP contribution in [0.5, 0.6) is 0 Å². The highest BCUT2D eigenvalue weighted by Crippen LogP contribution is 2.57. The zero-order chi connectivity index (χ0) is 13.2. The Morgan fingerprint density at radius 1 is 1.35 bits per heavy atom. The number of ether oxygens (including phenoxy) is 1. The highest BCUT2D eigenvalue weighted by molar-refractivity contribution is 7.50. The predicted molar refractivity (Wildman–Crippen MR) is 63.6 cm³/mol. The molecule has 0 heterocycles. The zero-order valence-electron chi connectivity index (χ0n) is 10.5. The Labute approximate surface area is 103 Å². The van der Waals surface area contributed by atoms with E-state index in [0.29, 0.717) is 6.42 Å². The Kier molecular flexibility index (Phi) is 4.37. The van der Waals surface area contributed by atoms with Gasteiger partial charge in [-0.1, -0.05) is 45.7 Å². The standard InChI is InChI=1S/C12H21O4P/c1-4-12(5-2,17(13,14)15)11(16-3)9-7-6-8-10-11/h6-9H,4-5,10H2,1-3H3,(H2,13,14,15)/p-2. The molecule has 17 heavy (non-hydrogen) atoms. The van der Waals surface area contributed by atoms with E-state index in [1.54, 1.807) is 26.0 Å². The number of hydrogen-bond acceptors (Lipinski definition) is 4. The van der Waals surface area contributed by atoms with Gasteiger partial charge < -0.3 is 19.1 Å². The molecule has 0 radical (unpaired) electrons. The third-order valence-corrected chi connectivity index (χ3v) is 5.94. The lowest BCUT2D eigenvalue weighted by Gasteiger charge is -2.58. The summed E-state index contributed by atoms with van der Waals surface area (Å²) in [6.45, 7) is 3.44. The molecule has 1 unspecified atom stereocenters. The van der Waals surface area contributed by atoms with Crippen molar-refractivity contribution < 1.29 is 19.1 Å². The summed E-state index contributed by atoms with van der Waals surface area (Å²) in [5.74, 6) is 0. The molecule has 0 saturated carbocycles. The normalized spacial score (nSPS) is 25.2. The van der Waals surface area contributed by atoms with Crippen LogP contribution in [0.15, 0.2) is 24.3 Å². The molecule has 0 bridgehead atoms. The summed E-state index contributed by atoms with van der Waals surface area (Å²) < 4.78 is 17.2. The third-order valence-electron chi connectivity index (χ3n) is 3.88. The van der Waals surface area contributed by atoms with Gasteiger partial charge in [-0.15, -0.1) is 0 Å². The van der Waals surface area contributed by atoms with Gasteiger partial charge in [-0.05, 0) is 19.3 Å². The maximum atomic E-state index is 11.7. The van der Waals surface area contributed by atoms with Crippen LogP contribution >= 0.6 is 7.60 Å². The number of allylic oxidation sites excluding steroid dienone is 2. The van der Waals surface area contributed by atoms with Gasteiger partial charge in [0.2, 0.25) is 0 Å². The molecular weight excluding hydrogens is 239 g/mol. The first-order chi connectivity index (χ1) is 7.89.